The first-order chi connectivity index (χ1) is 9.63. The lowest BCUT2D eigenvalue weighted by Gasteiger charge is -2.06. The van der Waals surface area contributed by atoms with Crippen LogP contribution in [0, 0.1) is 0 Å². The van der Waals surface area contributed by atoms with Crippen molar-refractivity contribution in [1.82, 2.24) is 9.97 Å². The highest BCUT2D eigenvalue weighted by atomic mass is 35.5. The fourth-order valence-electron chi connectivity index (χ4n) is 2.18. The van der Waals surface area contributed by atoms with Gasteiger partial charge in [-0.2, -0.15) is 0 Å². The van der Waals surface area contributed by atoms with E-state index in [-0.39, 0.29) is 10.7 Å². The molecule has 2 N–H and O–H groups in total. The average molecular weight is 310 g/mol. The van der Waals surface area contributed by atoms with Crippen LogP contribution in [-0.4, -0.2) is 21.0 Å². The van der Waals surface area contributed by atoms with Crippen LogP contribution < -0.4 is 5.32 Å². The molecule has 3 rings (SSSR count). The number of fused-ring (bicyclic) bond motifs is 1. The molecule has 1 aliphatic carbocycles. The van der Waals surface area contributed by atoms with E-state index in [2.05, 4.69) is 15.3 Å². The summed E-state index contributed by atoms with van der Waals surface area (Å²) < 4.78 is 0. The van der Waals surface area contributed by atoms with Gasteiger partial charge in [-0.15, -0.1) is 11.3 Å². The fraction of sp³-hybridized carbons (Fsp3) is 0.308. The molecule has 0 aliphatic heterocycles. The third-order valence-electron chi connectivity index (χ3n) is 3.13. The Balaban J connectivity index is 1.86. The van der Waals surface area contributed by atoms with Crippen molar-refractivity contribution in [2.24, 2.45) is 0 Å². The first kappa shape index (κ1) is 13.3. The van der Waals surface area contributed by atoms with Gasteiger partial charge in [0.05, 0.1) is 10.7 Å². The number of hydrogen-bond acceptors (Lipinski definition) is 5. The number of carboxylic acid groups (broad SMARTS) is 1. The molecular formula is C13H12ClN3O2S. The van der Waals surface area contributed by atoms with E-state index >= 15 is 0 Å². The summed E-state index contributed by atoms with van der Waals surface area (Å²) in [6.07, 6.45) is 4.47. The zero-order valence-corrected chi connectivity index (χ0v) is 12.1. The van der Waals surface area contributed by atoms with E-state index in [1.165, 1.54) is 23.8 Å². The van der Waals surface area contributed by atoms with Crippen LogP contribution in [0.2, 0.25) is 5.02 Å². The summed E-state index contributed by atoms with van der Waals surface area (Å²) in [5.74, 6) is -0.699. The van der Waals surface area contributed by atoms with Crippen LogP contribution in [0.1, 0.15) is 33.9 Å². The second-order valence-corrected chi connectivity index (χ2v) is 6.04. The Morgan fingerprint density at radius 2 is 2.10 bits per heavy atom. The van der Waals surface area contributed by atoms with Crippen LogP contribution in [0.15, 0.2) is 12.1 Å². The molecule has 0 saturated carbocycles. The van der Waals surface area contributed by atoms with Crippen molar-refractivity contribution in [1.29, 1.82) is 0 Å². The van der Waals surface area contributed by atoms with Crippen LogP contribution in [0.3, 0.4) is 0 Å². The Kier molecular flexibility index (Phi) is 3.58. The Morgan fingerprint density at radius 3 is 2.85 bits per heavy atom. The summed E-state index contributed by atoms with van der Waals surface area (Å²) in [5.41, 5.74) is 0.995. The maximum Gasteiger partial charge on any atom is 0.356 e. The summed E-state index contributed by atoms with van der Waals surface area (Å²) >= 11 is 7.40. The Hall–Kier alpha value is -1.66. The number of nitrogens with one attached hydrogen (secondary N) is 1. The van der Waals surface area contributed by atoms with Crippen LogP contribution in [-0.2, 0) is 12.8 Å². The smallest absolute Gasteiger partial charge is 0.356 e. The molecular weight excluding hydrogens is 298 g/mol. The van der Waals surface area contributed by atoms with Crippen molar-refractivity contribution in [3.63, 3.8) is 0 Å². The second kappa shape index (κ2) is 5.38. The number of aromatic carboxylic acids is 1. The van der Waals surface area contributed by atoms with Crippen LogP contribution in [0.25, 0.3) is 0 Å². The number of anilines is 2. The first-order valence-electron chi connectivity index (χ1n) is 6.29. The molecule has 5 nitrogen and oxygen atoms in total. The first-order valence-corrected chi connectivity index (χ1v) is 7.48. The molecule has 0 fully saturated rings. The molecule has 0 radical (unpaired) electrons. The van der Waals surface area contributed by atoms with Gasteiger partial charge in [-0.1, -0.05) is 11.6 Å². The maximum absolute atomic E-state index is 11.0. The normalized spacial score (nSPS) is 13.8. The zero-order chi connectivity index (χ0) is 14.1. The number of rotatable bonds is 3. The van der Waals surface area contributed by atoms with Gasteiger partial charge >= 0.3 is 5.97 Å². The minimum Gasteiger partial charge on any atom is -0.476 e. The SMILES string of the molecule is O=C(O)c1nc(Nc2nc3c(s2)CCCC3)ccc1Cl. The summed E-state index contributed by atoms with van der Waals surface area (Å²) in [4.78, 5) is 20.8. The third-order valence-corrected chi connectivity index (χ3v) is 4.51. The highest BCUT2D eigenvalue weighted by Gasteiger charge is 2.16. The van der Waals surface area contributed by atoms with E-state index in [0.717, 1.165) is 23.7 Å². The van der Waals surface area contributed by atoms with E-state index in [1.54, 1.807) is 17.4 Å². The molecule has 2 aromatic rings. The van der Waals surface area contributed by atoms with Gasteiger partial charge in [0.15, 0.2) is 10.8 Å². The molecule has 0 aromatic carbocycles. The molecule has 0 spiro atoms. The van der Waals surface area contributed by atoms with Gasteiger partial charge in [0, 0.05) is 4.88 Å². The third kappa shape index (κ3) is 2.62. The van der Waals surface area contributed by atoms with E-state index in [0.29, 0.717) is 5.82 Å². The van der Waals surface area contributed by atoms with Gasteiger partial charge < -0.3 is 10.4 Å². The van der Waals surface area contributed by atoms with Crippen LogP contribution >= 0.6 is 22.9 Å². The maximum atomic E-state index is 11.0. The second-order valence-electron chi connectivity index (χ2n) is 4.55. The average Bonchev–Trinajstić information content (AvgIpc) is 2.82. The molecule has 2 heterocycles. The van der Waals surface area contributed by atoms with Gasteiger partial charge in [-0.3, -0.25) is 0 Å². The number of carbonyl (C=O) groups is 1. The quantitative estimate of drug-likeness (QED) is 0.907. The number of hydrogen-bond donors (Lipinski definition) is 2. The number of aryl methyl sites for hydroxylation is 2. The Morgan fingerprint density at radius 1 is 1.30 bits per heavy atom. The molecule has 2 aromatic heterocycles. The number of aromatic nitrogens is 2. The van der Waals surface area contributed by atoms with Gasteiger partial charge in [-0.05, 0) is 37.8 Å². The number of pyridine rings is 1. The highest BCUT2D eigenvalue weighted by Crippen LogP contribution is 2.31. The monoisotopic (exact) mass is 309 g/mol. The zero-order valence-electron chi connectivity index (χ0n) is 10.5. The van der Waals surface area contributed by atoms with Crippen molar-refractivity contribution in [3.05, 3.63) is 33.4 Å². The number of halogens is 1. The van der Waals surface area contributed by atoms with Gasteiger partial charge in [0.1, 0.15) is 5.82 Å². The van der Waals surface area contributed by atoms with E-state index < -0.39 is 5.97 Å². The van der Waals surface area contributed by atoms with Crippen LogP contribution in [0.4, 0.5) is 10.9 Å². The molecule has 0 unspecified atom stereocenters. The van der Waals surface area contributed by atoms with E-state index in [9.17, 15) is 4.79 Å². The largest absolute Gasteiger partial charge is 0.476 e. The summed E-state index contributed by atoms with van der Waals surface area (Å²) in [6, 6.07) is 3.17. The van der Waals surface area contributed by atoms with E-state index in [1.807, 2.05) is 0 Å². The molecule has 0 saturated heterocycles. The predicted molar refractivity (Wildman–Crippen MR) is 78.2 cm³/mol. The molecule has 20 heavy (non-hydrogen) atoms. The minimum atomic E-state index is -1.14. The lowest BCUT2D eigenvalue weighted by Crippen LogP contribution is -2.04. The molecule has 7 heteroatoms. The number of carboxylic acids is 1. The summed E-state index contributed by atoms with van der Waals surface area (Å²) in [6.45, 7) is 0. The minimum absolute atomic E-state index is 0.126. The van der Waals surface area contributed by atoms with Crippen LogP contribution in [0.5, 0.6) is 0 Å². The van der Waals surface area contributed by atoms with Crippen molar-refractivity contribution in [2.45, 2.75) is 25.7 Å². The molecule has 0 bridgehead atoms. The summed E-state index contributed by atoms with van der Waals surface area (Å²) in [5, 5.41) is 12.9. The standard InChI is InChI=1S/C13H12ClN3O2S/c14-7-5-6-10(16-11(7)12(18)19)17-13-15-8-3-1-2-4-9(8)20-13/h5-6H,1-4H2,(H,18,19)(H,15,16,17). The Labute approximate surface area is 124 Å². The number of nitrogens with zero attached hydrogens (tertiary/aromatic N) is 2. The topological polar surface area (TPSA) is 75.1 Å². The van der Waals surface area contributed by atoms with Gasteiger partial charge in [-0.25, -0.2) is 14.8 Å². The Bertz CT molecular complexity index is 648. The van der Waals surface area contributed by atoms with Crippen molar-refractivity contribution >= 4 is 39.9 Å². The lowest BCUT2D eigenvalue weighted by molar-refractivity contribution is 0.0691. The van der Waals surface area contributed by atoms with Crippen molar-refractivity contribution < 1.29 is 9.90 Å². The van der Waals surface area contributed by atoms with Crippen molar-refractivity contribution in [3.8, 4) is 0 Å². The fourth-order valence-corrected chi connectivity index (χ4v) is 3.42. The predicted octanol–water partition coefficient (Wildman–Crippen LogP) is 3.51. The van der Waals surface area contributed by atoms with Gasteiger partial charge in [0.25, 0.3) is 0 Å². The molecule has 104 valence electrons. The van der Waals surface area contributed by atoms with Crippen molar-refractivity contribution in [2.75, 3.05) is 5.32 Å². The molecule has 0 atom stereocenters. The molecule has 0 amide bonds. The molecule has 1 aliphatic rings. The lowest BCUT2D eigenvalue weighted by atomic mass is 10.0. The highest BCUT2D eigenvalue weighted by molar-refractivity contribution is 7.15. The van der Waals surface area contributed by atoms with Gasteiger partial charge in [0.2, 0.25) is 0 Å². The number of thiazole rings is 1. The summed E-state index contributed by atoms with van der Waals surface area (Å²) in [7, 11) is 0. The van der Waals surface area contributed by atoms with E-state index in [4.69, 9.17) is 16.7 Å².